The van der Waals surface area contributed by atoms with E-state index in [4.69, 9.17) is 27.9 Å². The average molecular weight is 541 g/mol. The fourth-order valence-corrected chi connectivity index (χ4v) is 5.73. The molecule has 4 rings (SSSR count). The van der Waals surface area contributed by atoms with Gasteiger partial charge >= 0.3 is 11.7 Å². The summed E-state index contributed by atoms with van der Waals surface area (Å²) in [6, 6.07) is 10.2. The zero-order chi connectivity index (χ0) is 24.6. The Hall–Kier alpha value is -3.32. The molecule has 2 aromatic heterocycles. The maximum absolute atomic E-state index is 12.9. The number of halogens is 2. The molecule has 2 aromatic carbocycles. The van der Waals surface area contributed by atoms with Crippen LogP contribution in [-0.2, 0) is 10.0 Å². The molecule has 0 saturated carbocycles. The monoisotopic (exact) mass is 540 g/mol. The second kappa shape index (κ2) is 9.14. The third kappa shape index (κ3) is 4.66. The highest BCUT2D eigenvalue weighted by Crippen LogP contribution is 2.26. The first kappa shape index (κ1) is 23.8. The van der Waals surface area contributed by atoms with Crippen LogP contribution in [-0.4, -0.2) is 31.1 Å². The minimum atomic E-state index is -4.12. The number of carbonyl (C=O) groups excluding carboxylic acids is 1. The normalized spacial score (nSPS) is 11.4. The van der Waals surface area contributed by atoms with E-state index in [9.17, 15) is 22.8 Å². The van der Waals surface area contributed by atoms with Crippen LogP contribution < -0.4 is 26.0 Å². The standard InChI is InChI=1S/C20H14Cl2N4O6S2/c1-32-11-3-4-12-14(9-11)24-20(29)26(18(12)27)15-5-2-10(8-13(15)21)23-19(28)25-34(30,31)17-7-6-16(22)33-17/h2-9H,1H3,(H,24,29)(H2,23,25,28). The van der Waals surface area contributed by atoms with Crippen molar-refractivity contribution in [1.29, 1.82) is 0 Å². The van der Waals surface area contributed by atoms with E-state index in [1.54, 1.807) is 6.07 Å². The number of benzene rings is 2. The molecule has 0 saturated heterocycles. The van der Waals surface area contributed by atoms with Crippen LogP contribution in [0.15, 0.2) is 62.3 Å². The lowest BCUT2D eigenvalue weighted by Gasteiger charge is -2.12. The molecule has 0 aliphatic heterocycles. The molecule has 0 aliphatic carbocycles. The van der Waals surface area contributed by atoms with E-state index in [0.29, 0.717) is 11.3 Å². The van der Waals surface area contributed by atoms with Gasteiger partial charge in [-0.3, -0.25) is 4.79 Å². The lowest BCUT2D eigenvalue weighted by molar-refractivity contribution is 0.256. The lowest BCUT2D eigenvalue weighted by Crippen LogP contribution is -2.34. The fraction of sp³-hybridized carbons (Fsp3) is 0.0500. The number of aromatic amines is 1. The number of urea groups is 1. The smallest absolute Gasteiger partial charge is 0.333 e. The molecule has 0 atom stereocenters. The van der Waals surface area contributed by atoms with Crippen molar-refractivity contribution in [1.82, 2.24) is 14.3 Å². The Balaban J connectivity index is 1.61. The van der Waals surface area contributed by atoms with Crippen LogP contribution >= 0.6 is 34.5 Å². The topological polar surface area (TPSA) is 139 Å². The van der Waals surface area contributed by atoms with Gasteiger partial charge < -0.3 is 15.0 Å². The predicted octanol–water partition coefficient (Wildman–Crippen LogP) is 3.57. The molecule has 2 heterocycles. The number of ether oxygens (including phenoxy) is 1. The number of sulfonamides is 1. The molecular formula is C20H14Cl2N4O6S2. The summed E-state index contributed by atoms with van der Waals surface area (Å²) in [5.74, 6) is 0.469. The van der Waals surface area contributed by atoms with Crippen molar-refractivity contribution in [2.24, 2.45) is 0 Å². The van der Waals surface area contributed by atoms with Gasteiger partial charge in [0.05, 0.1) is 33.1 Å². The first-order chi connectivity index (χ1) is 16.1. The third-order valence-corrected chi connectivity index (χ3v) is 7.95. The summed E-state index contributed by atoms with van der Waals surface area (Å²) in [6.45, 7) is 0. The third-order valence-electron chi connectivity index (χ3n) is 4.59. The Morgan fingerprint density at radius 3 is 2.50 bits per heavy atom. The van der Waals surface area contributed by atoms with Crippen LogP contribution in [0.5, 0.6) is 5.75 Å². The summed E-state index contributed by atoms with van der Waals surface area (Å²) >= 11 is 12.8. The maximum atomic E-state index is 12.9. The number of rotatable bonds is 5. The van der Waals surface area contributed by atoms with E-state index in [1.165, 1.54) is 49.6 Å². The molecule has 0 spiro atoms. The van der Waals surface area contributed by atoms with Crippen molar-refractivity contribution in [3.05, 3.63) is 78.7 Å². The largest absolute Gasteiger partial charge is 0.497 e. The first-order valence-corrected chi connectivity index (χ1v) is 12.4. The van der Waals surface area contributed by atoms with Crippen LogP contribution in [0.1, 0.15) is 0 Å². The molecule has 34 heavy (non-hydrogen) atoms. The Bertz CT molecular complexity index is 1660. The van der Waals surface area contributed by atoms with Crippen LogP contribution in [0.4, 0.5) is 10.5 Å². The van der Waals surface area contributed by atoms with Crippen LogP contribution in [0.3, 0.4) is 0 Å². The second-order valence-corrected chi connectivity index (χ2v) is 10.8. The zero-order valence-electron chi connectivity index (χ0n) is 17.1. The molecular weight excluding hydrogens is 527 g/mol. The Morgan fingerprint density at radius 1 is 1.09 bits per heavy atom. The number of hydrogen-bond acceptors (Lipinski definition) is 7. The number of nitrogens with one attached hydrogen (secondary N) is 3. The van der Waals surface area contributed by atoms with Crippen molar-refractivity contribution >= 4 is 67.2 Å². The SMILES string of the molecule is COc1ccc2c(=O)n(-c3ccc(NC(=O)NS(=O)(=O)c4ccc(Cl)s4)cc3Cl)c(=O)[nH]c2c1. The van der Waals surface area contributed by atoms with Gasteiger partial charge in [0.15, 0.2) is 0 Å². The number of methoxy groups -OCH3 is 1. The number of thiophene rings is 1. The van der Waals surface area contributed by atoms with Crippen LogP contribution in [0.25, 0.3) is 16.6 Å². The fourth-order valence-electron chi connectivity index (χ4n) is 3.08. The molecule has 176 valence electrons. The summed E-state index contributed by atoms with van der Waals surface area (Å²) in [5.41, 5.74) is -0.850. The van der Waals surface area contributed by atoms with Gasteiger partial charge in [-0.15, -0.1) is 11.3 Å². The quantitative estimate of drug-likeness (QED) is 0.353. The number of fused-ring (bicyclic) bond motifs is 1. The van der Waals surface area contributed by atoms with E-state index in [0.717, 1.165) is 15.9 Å². The van der Waals surface area contributed by atoms with E-state index >= 15 is 0 Å². The maximum Gasteiger partial charge on any atom is 0.333 e. The van der Waals surface area contributed by atoms with Crippen molar-refractivity contribution in [2.75, 3.05) is 12.4 Å². The Labute approximate surface area is 205 Å². The second-order valence-electron chi connectivity index (χ2n) is 6.77. The number of amides is 2. The molecule has 0 fully saturated rings. The molecule has 4 aromatic rings. The number of aromatic nitrogens is 2. The number of H-pyrrole nitrogens is 1. The molecule has 0 bridgehead atoms. The molecule has 14 heteroatoms. The van der Waals surface area contributed by atoms with Gasteiger partial charge in [-0.1, -0.05) is 23.2 Å². The van der Waals surface area contributed by atoms with Crippen molar-refractivity contribution in [3.8, 4) is 11.4 Å². The number of nitrogens with zero attached hydrogens (tertiary/aromatic N) is 1. The van der Waals surface area contributed by atoms with Gasteiger partial charge in [-0.25, -0.2) is 27.3 Å². The highest BCUT2D eigenvalue weighted by Gasteiger charge is 2.20. The molecule has 3 N–H and O–H groups in total. The van der Waals surface area contributed by atoms with Crippen LogP contribution in [0, 0.1) is 0 Å². The molecule has 0 unspecified atom stereocenters. The van der Waals surface area contributed by atoms with Crippen molar-refractivity contribution < 1.29 is 17.9 Å². The van der Waals surface area contributed by atoms with Crippen molar-refractivity contribution in [3.63, 3.8) is 0 Å². The van der Waals surface area contributed by atoms with Gasteiger partial charge in [0, 0.05) is 11.8 Å². The van der Waals surface area contributed by atoms with E-state index in [2.05, 4.69) is 10.3 Å². The number of carbonyl (C=O) groups is 1. The summed E-state index contributed by atoms with van der Waals surface area (Å²) < 4.78 is 32.4. The first-order valence-electron chi connectivity index (χ1n) is 9.31. The molecule has 2 amide bonds. The zero-order valence-corrected chi connectivity index (χ0v) is 20.2. The molecule has 10 nitrogen and oxygen atoms in total. The summed E-state index contributed by atoms with van der Waals surface area (Å²) in [6.07, 6.45) is 0. The van der Waals surface area contributed by atoms with E-state index in [-0.39, 0.29) is 30.3 Å². The highest BCUT2D eigenvalue weighted by atomic mass is 35.5. The predicted molar refractivity (Wildman–Crippen MR) is 130 cm³/mol. The average Bonchev–Trinajstić information content (AvgIpc) is 3.21. The van der Waals surface area contributed by atoms with Gasteiger partial charge in [-0.2, -0.15) is 0 Å². The minimum absolute atomic E-state index is 0.0360. The van der Waals surface area contributed by atoms with Gasteiger partial charge in [0.25, 0.3) is 15.6 Å². The van der Waals surface area contributed by atoms with Gasteiger partial charge in [-0.05, 0) is 42.5 Å². The number of anilines is 1. The van der Waals surface area contributed by atoms with E-state index < -0.39 is 27.3 Å². The van der Waals surface area contributed by atoms with Crippen LogP contribution in [0.2, 0.25) is 9.36 Å². The lowest BCUT2D eigenvalue weighted by atomic mass is 10.2. The summed E-state index contributed by atoms with van der Waals surface area (Å²) in [7, 11) is -2.66. The summed E-state index contributed by atoms with van der Waals surface area (Å²) in [5, 5.41) is 2.53. The van der Waals surface area contributed by atoms with Gasteiger partial charge in [0.1, 0.15) is 9.96 Å². The summed E-state index contributed by atoms with van der Waals surface area (Å²) in [4.78, 5) is 40.4. The van der Waals surface area contributed by atoms with Gasteiger partial charge in [0.2, 0.25) is 0 Å². The van der Waals surface area contributed by atoms with Crippen molar-refractivity contribution in [2.45, 2.75) is 4.21 Å². The highest BCUT2D eigenvalue weighted by molar-refractivity contribution is 7.92. The Kier molecular flexibility index (Phi) is 6.41. The van der Waals surface area contributed by atoms with E-state index in [1.807, 2.05) is 4.72 Å². The molecule has 0 aliphatic rings. The Morgan fingerprint density at radius 2 is 1.85 bits per heavy atom. The molecule has 0 radical (unpaired) electrons. The number of hydrogen-bond donors (Lipinski definition) is 3. The minimum Gasteiger partial charge on any atom is -0.497 e.